The summed E-state index contributed by atoms with van der Waals surface area (Å²) >= 11 is 0. The van der Waals surface area contributed by atoms with Crippen molar-refractivity contribution in [2.45, 2.75) is 32.9 Å². The number of aliphatic imine (C=N–C) groups is 1. The van der Waals surface area contributed by atoms with Gasteiger partial charge < -0.3 is 15.5 Å². The molecule has 1 rings (SSSR count). The highest BCUT2D eigenvalue weighted by atomic mass is 19.1. The Morgan fingerprint density at radius 1 is 1.32 bits per heavy atom. The fourth-order valence-electron chi connectivity index (χ4n) is 2.01. The van der Waals surface area contributed by atoms with Crippen LogP contribution < -0.4 is 10.6 Å². The number of carbonyl (C=O) groups is 1. The van der Waals surface area contributed by atoms with Gasteiger partial charge in [0.2, 0.25) is 5.91 Å². The summed E-state index contributed by atoms with van der Waals surface area (Å²) < 4.78 is 12.9. The van der Waals surface area contributed by atoms with Gasteiger partial charge in [-0.1, -0.05) is 12.1 Å². The van der Waals surface area contributed by atoms with Gasteiger partial charge in [-0.25, -0.2) is 4.39 Å². The second-order valence-electron chi connectivity index (χ2n) is 5.43. The SMILES string of the molecule is CN=C(NCCC(=O)NC(C)C)N(C)Cc1ccc(F)cc1. The number of carbonyl (C=O) groups excluding carboxylic acids is 1. The first kappa shape index (κ1) is 17.9. The van der Waals surface area contributed by atoms with E-state index in [0.717, 1.165) is 5.56 Å². The van der Waals surface area contributed by atoms with Crippen LogP contribution >= 0.6 is 0 Å². The smallest absolute Gasteiger partial charge is 0.221 e. The fraction of sp³-hybridized carbons (Fsp3) is 0.500. The molecule has 0 aliphatic carbocycles. The molecule has 0 spiro atoms. The van der Waals surface area contributed by atoms with Crippen LogP contribution in [0.5, 0.6) is 0 Å². The quantitative estimate of drug-likeness (QED) is 0.622. The highest BCUT2D eigenvalue weighted by Crippen LogP contribution is 2.05. The molecule has 0 fully saturated rings. The Morgan fingerprint density at radius 3 is 2.50 bits per heavy atom. The standard InChI is InChI=1S/C16H25FN4O/c1-12(2)20-15(22)9-10-19-16(18-3)21(4)11-13-5-7-14(17)8-6-13/h5-8,12H,9-11H2,1-4H3,(H,18,19)(H,20,22). The maximum Gasteiger partial charge on any atom is 0.221 e. The van der Waals surface area contributed by atoms with E-state index >= 15 is 0 Å². The summed E-state index contributed by atoms with van der Waals surface area (Å²) in [7, 11) is 3.59. The van der Waals surface area contributed by atoms with Gasteiger partial charge in [-0.15, -0.1) is 0 Å². The van der Waals surface area contributed by atoms with Gasteiger partial charge in [0.1, 0.15) is 5.82 Å². The van der Waals surface area contributed by atoms with Gasteiger partial charge in [0, 0.05) is 39.6 Å². The van der Waals surface area contributed by atoms with Crippen LogP contribution in [0, 0.1) is 5.82 Å². The molecule has 122 valence electrons. The predicted octanol–water partition coefficient (Wildman–Crippen LogP) is 1.75. The maximum atomic E-state index is 12.9. The van der Waals surface area contributed by atoms with E-state index in [1.807, 2.05) is 25.8 Å². The molecule has 6 heteroatoms. The molecule has 0 atom stereocenters. The van der Waals surface area contributed by atoms with Crippen LogP contribution in [0.3, 0.4) is 0 Å². The van der Waals surface area contributed by atoms with E-state index in [2.05, 4.69) is 15.6 Å². The minimum Gasteiger partial charge on any atom is -0.356 e. The van der Waals surface area contributed by atoms with Crippen molar-refractivity contribution in [1.29, 1.82) is 0 Å². The summed E-state index contributed by atoms with van der Waals surface area (Å²) in [5.41, 5.74) is 0.990. The first-order valence-corrected chi connectivity index (χ1v) is 7.38. The predicted molar refractivity (Wildman–Crippen MR) is 87.1 cm³/mol. The van der Waals surface area contributed by atoms with E-state index in [4.69, 9.17) is 0 Å². The number of nitrogens with zero attached hydrogens (tertiary/aromatic N) is 2. The van der Waals surface area contributed by atoms with E-state index < -0.39 is 0 Å². The van der Waals surface area contributed by atoms with Crippen molar-refractivity contribution < 1.29 is 9.18 Å². The summed E-state index contributed by atoms with van der Waals surface area (Å²) in [4.78, 5) is 17.7. The third-order valence-corrected chi connectivity index (χ3v) is 2.99. The van der Waals surface area contributed by atoms with E-state index in [0.29, 0.717) is 25.5 Å². The van der Waals surface area contributed by atoms with Gasteiger partial charge in [0.05, 0.1) is 0 Å². The number of hydrogen-bond donors (Lipinski definition) is 2. The zero-order valence-corrected chi connectivity index (χ0v) is 13.7. The lowest BCUT2D eigenvalue weighted by atomic mass is 10.2. The summed E-state index contributed by atoms with van der Waals surface area (Å²) in [6, 6.07) is 6.52. The maximum absolute atomic E-state index is 12.9. The average Bonchev–Trinajstić information content (AvgIpc) is 2.45. The molecule has 5 nitrogen and oxygen atoms in total. The molecule has 0 aromatic heterocycles. The van der Waals surface area contributed by atoms with Gasteiger partial charge in [-0.2, -0.15) is 0 Å². The van der Waals surface area contributed by atoms with Crippen molar-refractivity contribution in [2.24, 2.45) is 4.99 Å². The number of rotatable bonds is 6. The van der Waals surface area contributed by atoms with Crippen molar-refractivity contribution in [1.82, 2.24) is 15.5 Å². The molecule has 1 aromatic rings. The molecule has 0 aliphatic heterocycles. The molecule has 0 heterocycles. The molecule has 0 saturated heterocycles. The molecule has 1 amide bonds. The third-order valence-electron chi connectivity index (χ3n) is 2.99. The first-order valence-electron chi connectivity index (χ1n) is 7.38. The zero-order valence-electron chi connectivity index (χ0n) is 13.7. The number of amides is 1. The van der Waals surface area contributed by atoms with Crippen LogP contribution in [0.4, 0.5) is 4.39 Å². The van der Waals surface area contributed by atoms with E-state index in [1.54, 1.807) is 19.2 Å². The van der Waals surface area contributed by atoms with Crippen LogP contribution in [-0.2, 0) is 11.3 Å². The summed E-state index contributed by atoms with van der Waals surface area (Å²) in [5.74, 6) is 0.464. The second-order valence-corrected chi connectivity index (χ2v) is 5.43. The lowest BCUT2D eigenvalue weighted by Gasteiger charge is -2.22. The van der Waals surface area contributed by atoms with Crippen LogP contribution in [0.2, 0.25) is 0 Å². The Kier molecular flexibility index (Phi) is 7.36. The molecule has 0 bridgehead atoms. The van der Waals surface area contributed by atoms with Crippen molar-refractivity contribution in [3.05, 3.63) is 35.6 Å². The van der Waals surface area contributed by atoms with E-state index in [9.17, 15) is 9.18 Å². The molecular formula is C16H25FN4O. The minimum atomic E-state index is -0.245. The van der Waals surface area contributed by atoms with Crippen molar-refractivity contribution in [3.63, 3.8) is 0 Å². The van der Waals surface area contributed by atoms with Gasteiger partial charge in [0.25, 0.3) is 0 Å². The number of halogens is 1. The van der Waals surface area contributed by atoms with Gasteiger partial charge in [-0.05, 0) is 31.5 Å². The first-order chi connectivity index (χ1) is 10.4. The molecule has 0 unspecified atom stereocenters. The summed E-state index contributed by atoms with van der Waals surface area (Å²) in [5, 5.41) is 5.99. The Labute approximate surface area is 131 Å². The number of guanidine groups is 1. The number of benzene rings is 1. The monoisotopic (exact) mass is 308 g/mol. The Bertz CT molecular complexity index is 499. The lowest BCUT2D eigenvalue weighted by molar-refractivity contribution is -0.121. The Hall–Kier alpha value is -2.11. The topological polar surface area (TPSA) is 56.7 Å². The molecule has 22 heavy (non-hydrogen) atoms. The van der Waals surface area contributed by atoms with E-state index in [-0.39, 0.29) is 17.8 Å². The van der Waals surface area contributed by atoms with Crippen LogP contribution in [0.1, 0.15) is 25.8 Å². The normalized spacial score (nSPS) is 11.5. The fourth-order valence-corrected chi connectivity index (χ4v) is 2.01. The highest BCUT2D eigenvalue weighted by Gasteiger charge is 2.08. The van der Waals surface area contributed by atoms with Crippen LogP contribution in [0.25, 0.3) is 0 Å². The molecular weight excluding hydrogens is 283 g/mol. The third kappa shape index (κ3) is 6.56. The van der Waals surface area contributed by atoms with Gasteiger partial charge in [-0.3, -0.25) is 9.79 Å². The lowest BCUT2D eigenvalue weighted by Crippen LogP contribution is -2.40. The van der Waals surface area contributed by atoms with E-state index in [1.165, 1.54) is 12.1 Å². The molecule has 0 aliphatic rings. The molecule has 0 radical (unpaired) electrons. The Balaban J connectivity index is 2.43. The Morgan fingerprint density at radius 2 is 1.95 bits per heavy atom. The molecule has 1 aromatic carbocycles. The highest BCUT2D eigenvalue weighted by molar-refractivity contribution is 5.81. The van der Waals surface area contributed by atoms with Gasteiger partial charge in [0.15, 0.2) is 5.96 Å². The largest absolute Gasteiger partial charge is 0.356 e. The number of nitrogens with one attached hydrogen (secondary N) is 2. The van der Waals surface area contributed by atoms with Crippen molar-refractivity contribution in [3.8, 4) is 0 Å². The summed E-state index contributed by atoms with van der Waals surface area (Å²) in [6.45, 7) is 4.98. The average molecular weight is 308 g/mol. The van der Waals surface area contributed by atoms with Crippen LogP contribution in [-0.4, -0.2) is 43.4 Å². The van der Waals surface area contributed by atoms with Crippen molar-refractivity contribution >= 4 is 11.9 Å². The van der Waals surface area contributed by atoms with Crippen molar-refractivity contribution in [2.75, 3.05) is 20.6 Å². The zero-order chi connectivity index (χ0) is 16.5. The minimum absolute atomic E-state index is 0.0131. The van der Waals surface area contributed by atoms with Gasteiger partial charge >= 0.3 is 0 Å². The van der Waals surface area contributed by atoms with Crippen LogP contribution in [0.15, 0.2) is 29.3 Å². The molecule has 2 N–H and O–H groups in total. The molecule has 0 saturated carbocycles. The number of hydrogen-bond acceptors (Lipinski definition) is 2. The second kappa shape index (κ2) is 9.02. The summed E-state index contributed by atoms with van der Waals surface area (Å²) in [6.07, 6.45) is 0.390.